The largest absolute Gasteiger partial charge is 0.386 e. The van der Waals surface area contributed by atoms with Crippen molar-refractivity contribution in [3.05, 3.63) is 35.9 Å². The van der Waals surface area contributed by atoms with E-state index in [2.05, 4.69) is 15.1 Å². The zero-order chi connectivity index (χ0) is 18.0. The molecule has 1 aliphatic rings. The van der Waals surface area contributed by atoms with Gasteiger partial charge in [0.15, 0.2) is 0 Å². The first kappa shape index (κ1) is 17.3. The molecule has 1 fully saturated rings. The molecule has 1 amide bonds. The summed E-state index contributed by atoms with van der Waals surface area (Å²) in [4.78, 5) is 24.7. The van der Waals surface area contributed by atoms with Crippen LogP contribution in [0.4, 0.5) is 5.95 Å². The van der Waals surface area contributed by atoms with E-state index in [1.807, 2.05) is 11.8 Å². The Labute approximate surface area is 147 Å². The molecule has 0 aromatic carbocycles. The maximum absolute atomic E-state index is 12.7. The minimum atomic E-state index is -0.988. The lowest BCUT2D eigenvalue weighted by Crippen LogP contribution is -2.55. The van der Waals surface area contributed by atoms with E-state index in [1.54, 1.807) is 48.3 Å². The SMILES string of the molecule is Cc1nn(C)cc1C(=O)N(C)CC1(O)CCCN(c2ncccn2)C1. The number of amides is 1. The van der Waals surface area contributed by atoms with Gasteiger partial charge in [-0.05, 0) is 25.8 Å². The lowest BCUT2D eigenvalue weighted by Gasteiger charge is -2.41. The first-order valence-electron chi connectivity index (χ1n) is 8.38. The van der Waals surface area contributed by atoms with Crippen molar-refractivity contribution < 1.29 is 9.90 Å². The summed E-state index contributed by atoms with van der Waals surface area (Å²) in [6.45, 7) is 3.26. The standard InChI is InChI=1S/C17H24N6O2/c1-13-14(10-22(3)20-13)15(24)21(2)11-17(25)6-4-9-23(12-17)16-18-7-5-8-19-16/h5,7-8,10,25H,4,6,9,11-12H2,1-3H3. The fourth-order valence-corrected chi connectivity index (χ4v) is 3.40. The Balaban J connectivity index is 1.70. The summed E-state index contributed by atoms with van der Waals surface area (Å²) in [6.07, 6.45) is 6.56. The Morgan fingerprint density at radius 1 is 1.40 bits per heavy atom. The summed E-state index contributed by atoms with van der Waals surface area (Å²) < 4.78 is 1.63. The summed E-state index contributed by atoms with van der Waals surface area (Å²) in [7, 11) is 3.50. The third-order valence-corrected chi connectivity index (χ3v) is 4.51. The number of β-amino-alcohol motifs (C(OH)–C–C–N with tert-alkyl or cyclic N) is 1. The number of carbonyl (C=O) groups is 1. The molecule has 25 heavy (non-hydrogen) atoms. The molecule has 0 saturated carbocycles. The van der Waals surface area contributed by atoms with Crippen LogP contribution in [0.15, 0.2) is 24.7 Å². The van der Waals surface area contributed by atoms with Crippen LogP contribution < -0.4 is 4.90 Å². The van der Waals surface area contributed by atoms with E-state index in [1.165, 1.54) is 0 Å². The zero-order valence-corrected chi connectivity index (χ0v) is 14.9. The van der Waals surface area contributed by atoms with E-state index >= 15 is 0 Å². The zero-order valence-electron chi connectivity index (χ0n) is 14.9. The predicted octanol–water partition coefficient (Wildman–Crippen LogP) is 0.622. The number of aromatic nitrogens is 4. The topological polar surface area (TPSA) is 87.4 Å². The van der Waals surface area contributed by atoms with Crippen molar-refractivity contribution >= 4 is 11.9 Å². The number of nitrogens with zero attached hydrogens (tertiary/aromatic N) is 6. The number of aryl methyl sites for hydroxylation is 2. The van der Waals surface area contributed by atoms with Crippen molar-refractivity contribution in [2.45, 2.75) is 25.4 Å². The number of rotatable bonds is 4. The fourth-order valence-electron chi connectivity index (χ4n) is 3.40. The number of hydrogen-bond donors (Lipinski definition) is 1. The number of aliphatic hydroxyl groups is 1. The van der Waals surface area contributed by atoms with E-state index < -0.39 is 5.60 Å². The molecule has 2 aromatic rings. The Morgan fingerprint density at radius 2 is 2.12 bits per heavy atom. The van der Waals surface area contributed by atoms with E-state index in [9.17, 15) is 9.90 Å². The van der Waals surface area contributed by atoms with Gasteiger partial charge in [0, 0.05) is 39.2 Å². The Morgan fingerprint density at radius 3 is 2.76 bits per heavy atom. The van der Waals surface area contributed by atoms with Gasteiger partial charge in [-0.2, -0.15) is 5.10 Å². The van der Waals surface area contributed by atoms with E-state index in [-0.39, 0.29) is 12.5 Å². The van der Waals surface area contributed by atoms with Crippen molar-refractivity contribution in [1.29, 1.82) is 0 Å². The van der Waals surface area contributed by atoms with E-state index in [4.69, 9.17) is 0 Å². The van der Waals surface area contributed by atoms with Gasteiger partial charge in [-0.3, -0.25) is 9.48 Å². The minimum absolute atomic E-state index is 0.132. The summed E-state index contributed by atoms with van der Waals surface area (Å²) in [5.74, 6) is 0.477. The molecule has 1 saturated heterocycles. The second-order valence-corrected chi connectivity index (χ2v) is 6.76. The third kappa shape index (κ3) is 3.79. The molecule has 1 aliphatic heterocycles. The number of hydrogen-bond acceptors (Lipinski definition) is 6. The third-order valence-electron chi connectivity index (χ3n) is 4.51. The van der Waals surface area contributed by atoms with Gasteiger partial charge in [0.2, 0.25) is 5.95 Å². The molecule has 1 unspecified atom stereocenters. The van der Waals surface area contributed by atoms with Crippen LogP contribution in [0, 0.1) is 6.92 Å². The highest BCUT2D eigenvalue weighted by molar-refractivity contribution is 5.94. The molecule has 0 radical (unpaired) electrons. The number of anilines is 1. The van der Waals surface area contributed by atoms with E-state index in [0.29, 0.717) is 30.2 Å². The molecule has 8 heteroatoms. The number of piperidine rings is 1. The van der Waals surface area contributed by atoms with Crippen LogP contribution in [0.3, 0.4) is 0 Å². The first-order valence-corrected chi connectivity index (χ1v) is 8.38. The molecule has 1 N–H and O–H groups in total. The molecule has 0 aliphatic carbocycles. The van der Waals surface area contributed by atoms with Gasteiger partial charge in [0.25, 0.3) is 5.91 Å². The van der Waals surface area contributed by atoms with Crippen molar-refractivity contribution in [3.8, 4) is 0 Å². The molecule has 3 rings (SSSR count). The summed E-state index contributed by atoms with van der Waals surface area (Å²) in [6, 6.07) is 1.77. The average molecular weight is 344 g/mol. The second kappa shape index (κ2) is 6.79. The van der Waals surface area contributed by atoms with Gasteiger partial charge in [0.05, 0.1) is 29.9 Å². The molecule has 2 aromatic heterocycles. The maximum atomic E-state index is 12.7. The number of likely N-dealkylation sites (N-methyl/N-ethyl adjacent to an activating group) is 1. The molecule has 3 heterocycles. The average Bonchev–Trinajstić information content (AvgIpc) is 2.93. The van der Waals surface area contributed by atoms with Gasteiger partial charge < -0.3 is 14.9 Å². The van der Waals surface area contributed by atoms with Crippen molar-refractivity contribution in [1.82, 2.24) is 24.6 Å². The van der Waals surface area contributed by atoms with Gasteiger partial charge in [0.1, 0.15) is 0 Å². The highest BCUT2D eigenvalue weighted by Gasteiger charge is 2.36. The molecule has 0 bridgehead atoms. The van der Waals surface area contributed by atoms with Crippen LogP contribution in [0.5, 0.6) is 0 Å². The summed E-state index contributed by atoms with van der Waals surface area (Å²) in [5.41, 5.74) is 0.264. The summed E-state index contributed by atoms with van der Waals surface area (Å²) in [5, 5.41) is 15.2. The Bertz CT molecular complexity index is 747. The monoisotopic (exact) mass is 344 g/mol. The Kier molecular flexibility index (Phi) is 4.71. The maximum Gasteiger partial charge on any atom is 0.257 e. The molecule has 134 valence electrons. The minimum Gasteiger partial charge on any atom is -0.386 e. The van der Waals surface area contributed by atoms with Gasteiger partial charge in [-0.25, -0.2) is 9.97 Å². The Hall–Kier alpha value is -2.48. The van der Waals surface area contributed by atoms with Crippen LogP contribution in [0.1, 0.15) is 28.9 Å². The van der Waals surface area contributed by atoms with Crippen molar-refractivity contribution in [2.75, 3.05) is 31.6 Å². The molecule has 0 spiro atoms. The normalized spacial score (nSPS) is 20.6. The van der Waals surface area contributed by atoms with Crippen LogP contribution in [-0.4, -0.2) is 67.9 Å². The van der Waals surface area contributed by atoms with Gasteiger partial charge in [-0.1, -0.05) is 0 Å². The first-order chi connectivity index (χ1) is 11.9. The molecular formula is C17H24N6O2. The fraction of sp³-hybridized carbons (Fsp3) is 0.529. The van der Waals surface area contributed by atoms with Crippen molar-refractivity contribution in [3.63, 3.8) is 0 Å². The molecule has 1 atom stereocenters. The van der Waals surface area contributed by atoms with Gasteiger partial charge in [-0.15, -0.1) is 0 Å². The molecule has 8 nitrogen and oxygen atoms in total. The molecular weight excluding hydrogens is 320 g/mol. The number of carbonyl (C=O) groups excluding carboxylic acids is 1. The van der Waals surface area contributed by atoms with Crippen LogP contribution in [0.2, 0.25) is 0 Å². The lowest BCUT2D eigenvalue weighted by atomic mass is 9.92. The second-order valence-electron chi connectivity index (χ2n) is 6.76. The summed E-state index contributed by atoms with van der Waals surface area (Å²) >= 11 is 0. The highest BCUT2D eigenvalue weighted by Crippen LogP contribution is 2.25. The quantitative estimate of drug-likeness (QED) is 0.875. The van der Waals surface area contributed by atoms with Crippen LogP contribution >= 0.6 is 0 Å². The van der Waals surface area contributed by atoms with E-state index in [0.717, 1.165) is 13.0 Å². The van der Waals surface area contributed by atoms with Crippen molar-refractivity contribution in [2.24, 2.45) is 7.05 Å². The smallest absolute Gasteiger partial charge is 0.257 e. The van der Waals surface area contributed by atoms with Gasteiger partial charge >= 0.3 is 0 Å². The highest BCUT2D eigenvalue weighted by atomic mass is 16.3. The van der Waals surface area contributed by atoms with Crippen LogP contribution in [-0.2, 0) is 7.05 Å². The predicted molar refractivity (Wildman–Crippen MR) is 93.3 cm³/mol. The van der Waals surface area contributed by atoms with Crippen LogP contribution in [0.25, 0.3) is 0 Å². The lowest BCUT2D eigenvalue weighted by molar-refractivity contribution is -0.000320.